The van der Waals surface area contributed by atoms with Crippen molar-refractivity contribution >= 4 is 18.2 Å². The molecule has 0 aliphatic carbocycles. The Morgan fingerprint density at radius 2 is 1.25 bits per heavy atom. The average Bonchev–Trinajstić information content (AvgIpc) is 2.43. The van der Waals surface area contributed by atoms with Crippen molar-refractivity contribution in [2.45, 2.75) is 18.1 Å². The standard InChI is InChI=1S/C12H15N3O5/c13-8(4-16)5-1-6(9(14)11(17)18)3-7(2-5)10(15)12(19)20/h1-4,8-10H,13-15H2,(H,17,18)(H,19,20). The van der Waals surface area contributed by atoms with Crippen molar-refractivity contribution in [3.8, 4) is 0 Å². The van der Waals surface area contributed by atoms with Crippen molar-refractivity contribution in [1.29, 1.82) is 0 Å². The maximum Gasteiger partial charge on any atom is 0.325 e. The number of rotatable bonds is 6. The van der Waals surface area contributed by atoms with Gasteiger partial charge in [-0.25, -0.2) is 0 Å². The van der Waals surface area contributed by atoms with Gasteiger partial charge in [-0.3, -0.25) is 9.59 Å². The molecule has 0 aliphatic rings. The molecule has 0 fully saturated rings. The van der Waals surface area contributed by atoms with Crippen molar-refractivity contribution in [3.05, 3.63) is 34.9 Å². The molecule has 1 aromatic carbocycles. The fourth-order valence-electron chi connectivity index (χ4n) is 1.62. The van der Waals surface area contributed by atoms with Gasteiger partial charge in [0.15, 0.2) is 0 Å². The molecule has 8 heteroatoms. The lowest BCUT2D eigenvalue weighted by molar-refractivity contribution is -0.139. The van der Waals surface area contributed by atoms with Crippen LogP contribution in [0.1, 0.15) is 34.8 Å². The van der Waals surface area contributed by atoms with Crippen LogP contribution in [-0.2, 0) is 14.4 Å². The second kappa shape index (κ2) is 6.24. The van der Waals surface area contributed by atoms with Gasteiger partial charge < -0.3 is 32.2 Å². The number of carboxylic acids is 2. The van der Waals surface area contributed by atoms with Gasteiger partial charge in [-0.15, -0.1) is 0 Å². The molecule has 0 saturated heterocycles. The van der Waals surface area contributed by atoms with Crippen molar-refractivity contribution in [2.24, 2.45) is 17.2 Å². The number of hydrogen-bond acceptors (Lipinski definition) is 6. The van der Waals surface area contributed by atoms with Crippen LogP contribution in [0.3, 0.4) is 0 Å². The molecule has 0 bridgehead atoms. The number of carboxylic acid groups (broad SMARTS) is 2. The molecule has 0 spiro atoms. The third kappa shape index (κ3) is 3.38. The fraction of sp³-hybridized carbons (Fsp3) is 0.250. The molecule has 0 heterocycles. The molecular formula is C12H15N3O5. The number of hydrogen-bond donors (Lipinski definition) is 5. The highest BCUT2D eigenvalue weighted by molar-refractivity contribution is 5.78. The molecule has 3 unspecified atom stereocenters. The normalized spacial score (nSPS) is 15.2. The van der Waals surface area contributed by atoms with Crippen molar-refractivity contribution in [2.75, 3.05) is 0 Å². The molecule has 0 aliphatic heterocycles. The smallest absolute Gasteiger partial charge is 0.325 e. The van der Waals surface area contributed by atoms with Gasteiger partial charge in [0.05, 0.1) is 6.04 Å². The first-order valence-corrected chi connectivity index (χ1v) is 5.60. The molecule has 108 valence electrons. The zero-order chi connectivity index (χ0) is 15.4. The summed E-state index contributed by atoms with van der Waals surface area (Å²) in [6.07, 6.45) is 0.446. The Morgan fingerprint density at radius 3 is 1.55 bits per heavy atom. The summed E-state index contributed by atoms with van der Waals surface area (Å²) in [6, 6.07) is 0.211. The molecule has 0 aromatic heterocycles. The predicted octanol–water partition coefficient (Wildman–Crippen LogP) is -0.946. The summed E-state index contributed by atoms with van der Waals surface area (Å²) in [7, 11) is 0. The number of aliphatic carboxylic acids is 2. The van der Waals surface area contributed by atoms with E-state index in [0.717, 1.165) is 0 Å². The summed E-state index contributed by atoms with van der Waals surface area (Å²) in [5.74, 6) is -2.59. The molecule has 0 saturated carbocycles. The Labute approximate surface area is 114 Å². The topological polar surface area (TPSA) is 170 Å². The summed E-state index contributed by atoms with van der Waals surface area (Å²) >= 11 is 0. The summed E-state index contributed by atoms with van der Waals surface area (Å²) < 4.78 is 0. The van der Waals surface area contributed by atoms with Crippen molar-refractivity contribution < 1.29 is 24.6 Å². The van der Waals surface area contributed by atoms with Crippen molar-refractivity contribution in [1.82, 2.24) is 0 Å². The van der Waals surface area contributed by atoms with E-state index >= 15 is 0 Å². The Kier molecular flexibility index (Phi) is 4.92. The fourth-order valence-corrected chi connectivity index (χ4v) is 1.62. The van der Waals surface area contributed by atoms with Crippen LogP contribution in [0.2, 0.25) is 0 Å². The minimum atomic E-state index is -1.37. The zero-order valence-electron chi connectivity index (χ0n) is 10.4. The average molecular weight is 281 g/mol. The van der Waals surface area contributed by atoms with Gasteiger partial charge in [0.25, 0.3) is 0 Å². The number of carbonyl (C=O) groups is 3. The third-order valence-electron chi connectivity index (χ3n) is 2.78. The summed E-state index contributed by atoms with van der Waals surface area (Å²) in [5, 5.41) is 17.8. The van der Waals surface area contributed by atoms with Gasteiger partial charge in [-0.1, -0.05) is 18.2 Å². The molecule has 0 amide bonds. The lowest BCUT2D eigenvalue weighted by Gasteiger charge is -2.16. The molecule has 1 rings (SSSR count). The van der Waals surface area contributed by atoms with E-state index in [2.05, 4.69) is 0 Å². The Hall–Kier alpha value is -2.29. The minimum Gasteiger partial charge on any atom is -0.480 e. The summed E-state index contributed by atoms with van der Waals surface area (Å²) in [6.45, 7) is 0. The van der Waals surface area contributed by atoms with Crippen LogP contribution in [0.4, 0.5) is 0 Å². The van der Waals surface area contributed by atoms with E-state index in [1.54, 1.807) is 0 Å². The molecule has 3 atom stereocenters. The largest absolute Gasteiger partial charge is 0.480 e. The minimum absolute atomic E-state index is 0.124. The van der Waals surface area contributed by atoms with E-state index in [-0.39, 0.29) is 16.7 Å². The highest BCUT2D eigenvalue weighted by Crippen LogP contribution is 2.22. The number of carbonyl (C=O) groups excluding carboxylic acids is 1. The Bertz CT molecular complexity index is 508. The highest BCUT2D eigenvalue weighted by atomic mass is 16.4. The third-order valence-corrected chi connectivity index (χ3v) is 2.78. The van der Waals surface area contributed by atoms with Crippen LogP contribution in [0.25, 0.3) is 0 Å². The van der Waals surface area contributed by atoms with E-state index in [0.29, 0.717) is 6.29 Å². The Morgan fingerprint density at radius 1 is 0.900 bits per heavy atom. The zero-order valence-corrected chi connectivity index (χ0v) is 10.4. The maximum absolute atomic E-state index is 10.9. The van der Waals surface area contributed by atoms with Gasteiger partial charge in [0.1, 0.15) is 18.4 Å². The predicted molar refractivity (Wildman–Crippen MR) is 68.6 cm³/mol. The second-order valence-corrected chi connectivity index (χ2v) is 4.23. The van der Waals surface area contributed by atoms with E-state index in [1.807, 2.05) is 0 Å². The summed E-state index contributed by atoms with van der Waals surface area (Å²) in [5.41, 5.74) is 17.0. The quantitative estimate of drug-likeness (QED) is 0.415. The van der Waals surface area contributed by atoms with Crippen LogP contribution in [0.15, 0.2) is 18.2 Å². The van der Waals surface area contributed by atoms with E-state index in [1.165, 1.54) is 18.2 Å². The first-order valence-electron chi connectivity index (χ1n) is 5.60. The first-order chi connectivity index (χ1) is 9.27. The van der Waals surface area contributed by atoms with Crippen LogP contribution >= 0.6 is 0 Å². The van der Waals surface area contributed by atoms with E-state index in [4.69, 9.17) is 27.4 Å². The van der Waals surface area contributed by atoms with Gasteiger partial charge >= 0.3 is 11.9 Å². The molecule has 8 nitrogen and oxygen atoms in total. The second-order valence-electron chi connectivity index (χ2n) is 4.23. The molecule has 1 aromatic rings. The molecule has 20 heavy (non-hydrogen) atoms. The van der Waals surface area contributed by atoms with Gasteiger partial charge in [0.2, 0.25) is 0 Å². The van der Waals surface area contributed by atoms with Crippen LogP contribution < -0.4 is 17.2 Å². The molecule has 0 radical (unpaired) electrons. The van der Waals surface area contributed by atoms with Gasteiger partial charge in [0, 0.05) is 0 Å². The highest BCUT2D eigenvalue weighted by Gasteiger charge is 2.21. The lowest BCUT2D eigenvalue weighted by Crippen LogP contribution is -2.25. The van der Waals surface area contributed by atoms with Gasteiger partial charge in [-0.2, -0.15) is 0 Å². The van der Waals surface area contributed by atoms with Gasteiger partial charge in [-0.05, 0) is 16.7 Å². The lowest BCUT2D eigenvalue weighted by atomic mass is 9.95. The van der Waals surface area contributed by atoms with Crippen molar-refractivity contribution in [3.63, 3.8) is 0 Å². The monoisotopic (exact) mass is 281 g/mol. The van der Waals surface area contributed by atoms with Crippen LogP contribution in [0.5, 0.6) is 0 Å². The van der Waals surface area contributed by atoms with Crippen LogP contribution in [0, 0.1) is 0 Å². The number of nitrogens with two attached hydrogens (primary N) is 3. The van der Waals surface area contributed by atoms with E-state index < -0.39 is 30.1 Å². The van der Waals surface area contributed by atoms with Crippen LogP contribution in [-0.4, -0.2) is 28.4 Å². The maximum atomic E-state index is 10.9. The molecule has 8 N–H and O–H groups in total. The summed E-state index contributed by atoms with van der Waals surface area (Å²) in [4.78, 5) is 32.5. The molecular weight excluding hydrogens is 266 g/mol. The SMILES string of the molecule is NC(C=O)c1cc(C(N)C(=O)O)cc(C(N)C(=O)O)c1. The number of benzene rings is 1. The van der Waals surface area contributed by atoms with E-state index in [9.17, 15) is 14.4 Å². The number of aldehydes is 1. The first kappa shape index (κ1) is 15.8. The Balaban J connectivity index is 3.38.